The molecule has 0 unspecified atom stereocenters. The van der Waals surface area contributed by atoms with E-state index in [0.717, 1.165) is 19.0 Å². The lowest BCUT2D eigenvalue weighted by Gasteiger charge is -2.35. The molecule has 1 aromatic heterocycles. The van der Waals surface area contributed by atoms with Crippen LogP contribution in [0.25, 0.3) is 0 Å². The van der Waals surface area contributed by atoms with Crippen molar-refractivity contribution in [1.82, 2.24) is 15.2 Å². The number of hydrogen-bond acceptors (Lipinski definition) is 3. The van der Waals surface area contributed by atoms with Crippen molar-refractivity contribution in [3.8, 4) is 0 Å². The van der Waals surface area contributed by atoms with Gasteiger partial charge in [0.05, 0.1) is 0 Å². The number of piperazine rings is 1. The Morgan fingerprint density at radius 1 is 1.26 bits per heavy atom. The third-order valence-corrected chi connectivity index (χ3v) is 3.92. The number of rotatable bonds is 4. The first-order valence-corrected chi connectivity index (χ1v) is 6.78. The molecule has 2 fully saturated rings. The van der Waals surface area contributed by atoms with Gasteiger partial charge in [0.25, 0.3) is 0 Å². The molecule has 0 bridgehead atoms. The van der Waals surface area contributed by atoms with Crippen LogP contribution in [0, 0.1) is 5.92 Å². The molecule has 0 spiro atoms. The Morgan fingerprint density at radius 2 is 2.00 bits per heavy atom. The molecule has 19 heavy (non-hydrogen) atoms. The first kappa shape index (κ1) is 16.7. The van der Waals surface area contributed by atoms with Crippen LogP contribution in [0.5, 0.6) is 0 Å². The average molecular weight is 304 g/mol. The molecule has 1 atom stereocenters. The summed E-state index contributed by atoms with van der Waals surface area (Å²) in [7, 11) is 0. The topological polar surface area (TPSA) is 28.2 Å². The maximum atomic E-state index is 4.29. The second-order valence-corrected chi connectivity index (χ2v) is 5.27. The van der Waals surface area contributed by atoms with Crippen LogP contribution in [-0.4, -0.2) is 36.1 Å². The van der Waals surface area contributed by atoms with Gasteiger partial charge in [-0.25, -0.2) is 0 Å². The minimum absolute atomic E-state index is 0. The van der Waals surface area contributed by atoms with Gasteiger partial charge in [-0.15, -0.1) is 24.8 Å². The maximum absolute atomic E-state index is 4.29. The lowest BCUT2D eigenvalue weighted by molar-refractivity contribution is 0.160. The normalized spacial score (nSPS) is 21.1. The quantitative estimate of drug-likeness (QED) is 0.927. The van der Waals surface area contributed by atoms with Crippen molar-refractivity contribution in [2.45, 2.75) is 25.3 Å². The van der Waals surface area contributed by atoms with E-state index in [1.807, 2.05) is 6.20 Å². The summed E-state index contributed by atoms with van der Waals surface area (Å²) in [5, 5.41) is 3.43. The van der Waals surface area contributed by atoms with Gasteiger partial charge in [-0.1, -0.05) is 18.9 Å². The van der Waals surface area contributed by atoms with Gasteiger partial charge in [0.2, 0.25) is 0 Å². The molecule has 5 heteroatoms. The molecule has 0 aromatic carbocycles. The van der Waals surface area contributed by atoms with Crippen LogP contribution < -0.4 is 5.32 Å². The number of pyridine rings is 1. The molecular formula is C14H23Cl2N3. The first-order valence-electron chi connectivity index (χ1n) is 6.78. The first-order chi connectivity index (χ1) is 8.43. The Labute approximate surface area is 128 Å². The van der Waals surface area contributed by atoms with Crippen LogP contribution in [0.1, 0.15) is 30.9 Å². The fraction of sp³-hybridized carbons (Fsp3) is 0.643. The summed E-state index contributed by atoms with van der Waals surface area (Å²) in [6.45, 7) is 4.60. The fourth-order valence-electron chi connectivity index (χ4n) is 2.73. The van der Waals surface area contributed by atoms with Crippen molar-refractivity contribution in [2.75, 3.05) is 26.2 Å². The monoisotopic (exact) mass is 303 g/mol. The van der Waals surface area contributed by atoms with E-state index in [4.69, 9.17) is 0 Å². The van der Waals surface area contributed by atoms with Gasteiger partial charge in [-0.3, -0.25) is 9.88 Å². The zero-order chi connectivity index (χ0) is 11.5. The second-order valence-electron chi connectivity index (χ2n) is 5.27. The van der Waals surface area contributed by atoms with Crippen LogP contribution in [0.3, 0.4) is 0 Å². The van der Waals surface area contributed by atoms with Crippen molar-refractivity contribution in [3.63, 3.8) is 0 Å². The lowest BCUT2D eigenvalue weighted by atomic mass is 10.0. The highest BCUT2D eigenvalue weighted by atomic mass is 35.5. The molecule has 1 saturated carbocycles. The van der Waals surface area contributed by atoms with Gasteiger partial charge in [0, 0.05) is 44.6 Å². The third kappa shape index (κ3) is 4.60. The van der Waals surface area contributed by atoms with E-state index in [2.05, 4.69) is 33.5 Å². The van der Waals surface area contributed by atoms with Crippen molar-refractivity contribution in [2.24, 2.45) is 5.92 Å². The van der Waals surface area contributed by atoms with Gasteiger partial charge in [-0.2, -0.15) is 0 Å². The zero-order valence-corrected chi connectivity index (χ0v) is 12.8. The molecule has 2 aliphatic rings. The molecule has 108 valence electrons. The van der Waals surface area contributed by atoms with E-state index in [1.165, 1.54) is 37.9 Å². The molecule has 1 aromatic rings. The molecule has 3 nitrogen and oxygen atoms in total. The molecule has 0 radical (unpaired) electrons. The summed E-state index contributed by atoms with van der Waals surface area (Å²) < 4.78 is 0. The molecule has 1 saturated heterocycles. The number of hydrogen-bond donors (Lipinski definition) is 1. The lowest BCUT2D eigenvalue weighted by Crippen LogP contribution is -2.45. The van der Waals surface area contributed by atoms with E-state index in [-0.39, 0.29) is 24.8 Å². The molecule has 3 rings (SSSR count). The highest BCUT2D eigenvalue weighted by molar-refractivity contribution is 5.85. The Morgan fingerprint density at radius 3 is 2.58 bits per heavy atom. The Balaban J connectivity index is 0.000000902. The molecule has 1 N–H and O–H groups in total. The van der Waals surface area contributed by atoms with E-state index < -0.39 is 0 Å². The zero-order valence-electron chi connectivity index (χ0n) is 11.1. The SMILES string of the molecule is Cl.Cl.c1cncc([C@@H](CC2CC2)N2CCNCC2)c1. The minimum Gasteiger partial charge on any atom is -0.314 e. The Kier molecular flexibility index (Phi) is 7.08. The number of aromatic nitrogens is 1. The summed E-state index contributed by atoms with van der Waals surface area (Å²) in [5.41, 5.74) is 1.40. The van der Waals surface area contributed by atoms with E-state index >= 15 is 0 Å². The number of nitrogens with one attached hydrogen (secondary N) is 1. The summed E-state index contributed by atoms with van der Waals surface area (Å²) in [5.74, 6) is 0.968. The highest BCUT2D eigenvalue weighted by Gasteiger charge is 2.30. The van der Waals surface area contributed by atoms with Crippen molar-refractivity contribution in [1.29, 1.82) is 0 Å². The van der Waals surface area contributed by atoms with E-state index in [9.17, 15) is 0 Å². The molecule has 1 aliphatic heterocycles. The predicted octanol–water partition coefficient (Wildman–Crippen LogP) is 2.67. The molecular weight excluding hydrogens is 281 g/mol. The van der Waals surface area contributed by atoms with Gasteiger partial charge in [0.15, 0.2) is 0 Å². The van der Waals surface area contributed by atoms with Gasteiger partial charge >= 0.3 is 0 Å². The summed E-state index contributed by atoms with van der Waals surface area (Å²) in [4.78, 5) is 6.92. The van der Waals surface area contributed by atoms with Gasteiger partial charge in [-0.05, 0) is 24.0 Å². The van der Waals surface area contributed by atoms with Gasteiger partial charge in [0.1, 0.15) is 0 Å². The Hall–Kier alpha value is -0.350. The van der Waals surface area contributed by atoms with Crippen LogP contribution in [0.4, 0.5) is 0 Å². The maximum Gasteiger partial charge on any atom is 0.0367 e. The van der Waals surface area contributed by atoms with Crippen molar-refractivity contribution >= 4 is 24.8 Å². The molecule has 0 amide bonds. The Bertz CT molecular complexity index is 351. The minimum atomic E-state index is 0. The number of halogens is 2. The summed E-state index contributed by atoms with van der Waals surface area (Å²) in [6, 6.07) is 4.90. The number of nitrogens with zero attached hydrogens (tertiary/aromatic N) is 2. The van der Waals surface area contributed by atoms with Crippen LogP contribution >= 0.6 is 24.8 Å². The average Bonchev–Trinajstić information content (AvgIpc) is 3.22. The second kappa shape index (κ2) is 8.05. The van der Waals surface area contributed by atoms with Crippen LogP contribution in [-0.2, 0) is 0 Å². The highest BCUT2D eigenvalue weighted by Crippen LogP contribution is 2.39. The third-order valence-electron chi connectivity index (χ3n) is 3.92. The summed E-state index contributed by atoms with van der Waals surface area (Å²) >= 11 is 0. The smallest absolute Gasteiger partial charge is 0.0367 e. The van der Waals surface area contributed by atoms with Crippen LogP contribution in [0.15, 0.2) is 24.5 Å². The molecule has 1 aliphatic carbocycles. The van der Waals surface area contributed by atoms with Gasteiger partial charge < -0.3 is 5.32 Å². The standard InChI is InChI=1S/C14H21N3.2ClH/c1-2-13(11-16-5-1)14(10-12-3-4-12)17-8-6-15-7-9-17;;/h1-2,5,11-12,14-15H,3-4,6-10H2;2*1H/t14-;;/m1../s1. The van der Waals surface area contributed by atoms with Crippen molar-refractivity contribution < 1.29 is 0 Å². The van der Waals surface area contributed by atoms with E-state index in [1.54, 1.807) is 0 Å². The summed E-state index contributed by atoms with van der Waals surface area (Å²) in [6.07, 6.45) is 8.11. The van der Waals surface area contributed by atoms with Crippen molar-refractivity contribution in [3.05, 3.63) is 30.1 Å². The largest absolute Gasteiger partial charge is 0.314 e. The van der Waals surface area contributed by atoms with E-state index in [0.29, 0.717) is 6.04 Å². The fourth-order valence-corrected chi connectivity index (χ4v) is 2.73. The van der Waals surface area contributed by atoms with Crippen LogP contribution in [0.2, 0.25) is 0 Å². The molecule has 2 heterocycles. The predicted molar refractivity (Wildman–Crippen MR) is 83.3 cm³/mol.